The molecule has 0 spiro atoms. The zero-order valence-corrected chi connectivity index (χ0v) is 12.9. The summed E-state index contributed by atoms with van der Waals surface area (Å²) in [5.41, 5.74) is 13.5. The Kier molecular flexibility index (Phi) is 4.15. The Morgan fingerprint density at radius 1 is 0.900 bits per heavy atom. The predicted molar refractivity (Wildman–Crippen MR) is 84.4 cm³/mol. The Balaban J connectivity index is 2.45. The molecule has 0 fully saturated rings. The third-order valence-corrected chi connectivity index (χ3v) is 3.81. The molecule has 1 atom stereocenters. The summed E-state index contributed by atoms with van der Waals surface area (Å²) in [5, 5.41) is 0. The minimum atomic E-state index is -0.0982. The maximum absolute atomic E-state index is 6.46. The van der Waals surface area contributed by atoms with Crippen LogP contribution in [0, 0.1) is 27.7 Å². The second-order valence-corrected chi connectivity index (χ2v) is 5.53. The minimum Gasteiger partial charge on any atom is -0.496 e. The second-order valence-electron chi connectivity index (χ2n) is 5.53. The highest BCUT2D eigenvalue weighted by atomic mass is 16.5. The van der Waals surface area contributed by atoms with E-state index in [1.807, 2.05) is 0 Å². The van der Waals surface area contributed by atoms with Crippen LogP contribution in [0.5, 0.6) is 5.75 Å². The van der Waals surface area contributed by atoms with Crippen LogP contribution in [-0.4, -0.2) is 7.11 Å². The quantitative estimate of drug-likeness (QED) is 0.914. The van der Waals surface area contributed by atoms with E-state index >= 15 is 0 Å². The van der Waals surface area contributed by atoms with Crippen molar-refractivity contribution >= 4 is 0 Å². The van der Waals surface area contributed by atoms with Crippen molar-refractivity contribution in [1.82, 2.24) is 0 Å². The lowest BCUT2D eigenvalue weighted by Crippen LogP contribution is -2.14. The van der Waals surface area contributed by atoms with Crippen molar-refractivity contribution < 1.29 is 4.74 Å². The van der Waals surface area contributed by atoms with Crippen molar-refractivity contribution in [3.8, 4) is 5.75 Å². The Morgan fingerprint density at radius 2 is 1.50 bits per heavy atom. The smallest absolute Gasteiger partial charge is 0.124 e. The molecule has 2 N–H and O–H groups in total. The van der Waals surface area contributed by atoms with Gasteiger partial charge in [-0.1, -0.05) is 35.9 Å². The van der Waals surface area contributed by atoms with E-state index in [-0.39, 0.29) is 6.04 Å². The summed E-state index contributed by atoms with van der Waals surface area (Å²) in [7, 11) is 1.71. The molecule has 2 nitrogen and oxygen atoms in total. The zero-order chi connectivity index (χ0) is 14.9. The number of nitrogens with two attached hydrogens (primary N) is 1. The highest BCUT2D eigenvalue weighted by molar-refractivity contribution is 5.47. The number of hydrogen-bond acceptors (Lipinski definition) is 2. The van der Waals surface area contributed by atoms with E-state index in [1.54, 1.807) is 7.11 Å². The van der Waals surface area contributed by atoms with Crippen molar-refractivity contribution in [2.24, 2.45) is 5.73 Å². The molecule has 0 saturated heterocycles. The highest BCUT2D eigenvalue weighted by Gasteiger charge is 2.14. The molecule has 2 rings (SSSR count). The van der Waals surface area contributed by atoms with Crippen LogP contribution in [0.2, 0.25) is 0 Å². The van der Waals surface area contributed by atoms with Gasteiger partial charge in [-0.3, -0.25) is 0 Å². The van der Waals surface area contributed by atoms with Crippen LogP contribution in [0.1, 0.15) is 39.4 Å². The van der Waals surface area contributed by atoms with E-state index in [1.165, 1.54) is 16.7 Å². The van der Waals surface area contributed by atoms with Gasteiger partial charge in [0.25, 0.3) is 0 Å². The molecule has 106 valence electrons. The summed E-state index contributed by atoms with van der Waals surface area (Å²) < 4.78 is 5.41. The predicted octanol–water partition coefficient (Wildman–Crippen LogP) is 3.98. The van der Waals surface area contributed by atoms with Gasteiger partial charge in [-0.25, -0.2) is 0 Å². The second kappa shape index (κ2) is 5.68. The van der Waals surface area contributed by atoms with Crippen molar-refractivity contribution in [1.29, 1.82) is 0 Å². The van der Waals surface area contributed by atoms with Gasteiger partial charge < -0.3 is 10.5 Å². The maximum Gasteiger partial charge on any atom is 0.124 e. The summed E-state index contributed by atoms with van der Waals surface area (Å²) in [6, 6.07) is 10.6. The molecular formula is C18H23NO. The molecule has 0 aromatic heterocycles. The molecule has 0 amide bonds. The zero-order valence-electron chi connectivity index (χ0n) is 12.9. The van der Waals surface area contributed by atoms with Gasteiger partial charge in [0.2, 0.25) is 0 Å². The minimum absolute atomic E-state index is 0.0982. The summed E-state index contributed by atoms with van der Waals surface area (Å²) in [5.74, 6) is 0.946. The van der Waals surface area contributed by atoms with Gasteiger partial charge in [0.1, 0.15) is 5.75 Å². The first-order chi connectivity index (χ1) is 9.43. The molecule has 0 bridgehead atoms. The van der Waals surface area contributed by atoms with Crippen LogP contribution < -0.4 is 10.5 Å². The molecule has 0 aliphatic rings. The fraction of sp³-hybridized carbons (Fsp3) is 0.333. The number of rotatable bonds is 3. The normalized spacial score (nSPS) is 12.3. The van der Waals surface area contributed by atoms with E-state index in [0.29, 0.717) is 0 Å². The van der Waals surface area contributed by atoms with Crippen molar-refractivity contribution in [2.45, 2.75) is 33.7 Å². The SMILES string of the molecule is COc1c(C)cc(C(N)c2ccc(C)cc2C)cc1C. The van der Waals surface area contributed by atoms with Gasteiger partial charge in [0, 0.05) is 0 Å². The van der Waals surface area contributed by atoms with Crippen LogP contribution in [-0.2, 0) is 0 Å². The fourth-order valence-electron chi connectivity index (χ4n) is 2.84. The van der Waals surface area contributed by atoms with Crippen molar-refractivity contribution in [2.75, 3.05) is 7.11 Å². The standard InChI is InChI=1S/C18H23NO/c1-11-6-7-16(12(2)8-11)17(19)15-9-13(3)18(20-5)14(4)10-15/h6-10,17H,19H2,1-5H3. The van der Waals surface area contributed by atoms with Gasteiger partial charge in [0.15, 0.2) is 0 Å². The highest BCUT2D eigenvalue weighted by Crippen LogP contribution is 2.30. The van der Waals surface area contributed by atoms with Crippen LogP contribution in [0.25, 0.3) is 0 Å². The molecule has 2 aromatic rings. The van der Waals surface area contributed by atoms with E-state index in [4.69, 9.17) is 10.5 Å². The summed E-state index contributed by atoms with van der Waals surface area (Å²) in [6.07, 6.45) is 0. The summed E-state index contributed by atoms with van der Waals surface area (Å²) in [6.45, 7) is 8.34. The molecule has 20 heavy (non-hydrogen) atoms. The lowest BCUT2D eigenvalue weighted by atomic mass is 9.92. The lowest BCUT2D eigenvalue weighted by Gasteiger charge is -2.18. The van der Waals surface area contributed by atoms with Crippen LogP contribution in [0.4, 0.5) is 0 Å². The molecule has 0 saturated carbocycles. The monoisotopic (exact) mass is 269 g/mol. The largest absolute Gasteiger partial charge is 0.496 e. The molecule has 2 aromatic carbocycles. The molecular weight excluding hydrogens is 246 g/mol. The van der Waals surface area contributed by atoms with E-state index in [2.05, 4.69) is 58.0 Å². The van der Waals surface area contributed by atoms with E-state index in [0.717, 1.165) is 22.4 Å². The van der Waals surface area contributed by atoms with Crippen LogP contribution in [0.15, 0.2) is 30.3 Å². The van der Waals surface area contributed by atoms with Gasteiger partial charge in [-0.2, -0.15) is 0 Å². The Bertz CT molecular complexity index is 608. The van der Waals surface area contributed by atoms with E-state index < -0.39 is 0 Å². The molecule has 1 unspecified atom stereocenters. The average molecular weight is 269 g/mol. The molecule has 0 heterocycles. The molecule has 0 aliphatic heterocycles. The fourth-order valence-corrected chi connectivity index (χ4v) is 2.84. The Hall–Kier alpha value is -1.80. The Morgan fingerprint density at radius 3 is 2.00 bits per heavy atom. The number of hydrogen-bond donors (Lipinski definition) is 1. The Labute approximate surface area is 121 Å². The maximum atomic E-state index is 6.46. The number of aryl methyl sites for hydroxylation is 4. The van der Waals surface area contributed by atoms with E-state index in [9.17, 15) is 0 Å². The number of ether oxygens (including phenoxy) is 1. The first-order valence-electron chi connectivity index (χ1n) is 6.92. The van der Waals surface area contributed by atoms with Gasteiger partial charge in [-0.05, 0) is 55.5 Å². The topological polar surface area (TPSA) is 35.2 Å². The van der Waals surface area contributed by atoms with Gasteiger partial charge in [0.05, 0.1) is 13.2 Å². The lowest BCUT2D eigenvalue weighted by molar-refractivity contribution is 0.408. The average Bonchev–Trinajstić information content (AvgIpc) is 2.37. The summed E-state index contributed by atoms with van der Waals surface area (Å²) in [4.78, 5) is 0. The van der Waals surface area contributed by atoms with Gasteiger partial charge >= 0.3 is 0 Å². The first kappa shape index (κ1) is 14.6. The van der Waals surface area contributed by atoms with Gasteiger partial charge in [-0.15, -0.1) is 0 Å². The summed E-state index contributed by atoms with van der Waals surface area (Å²) >= 11 is 0. The van der Waals surface area contributed by atoms with Crippen molar-refractivity contribution in [3.05, 3.63) is 63.7 Å². The number of methoxy groups -OCH3 is 1. The molecule has 2 heteroatoms. The third kappa shape index (κ3) is 2.70. The van der Waals surface area contributed by atoms with Crippen LogP contribution >= 0.6 is 0 Å². The number of benzene rings is 2. The molecule has 0 radical (unpaired) electrons. The third-order valence-electron chi connectivity index (χ3n) is 3.81. The molecule has 0 aliphatic carbocycles. The van der Waals surface area contributed by atoms with Crippen molar-refractivity contribution in [3.63, 3.8) is 0 Å². The first-order valence-corrected chi connectivity index (χ1v) is 6.92. The van der Waals surface area contributed by atoms with Crippen LogP contribution in [0.3, 0.4) is 0 Å².